The van der Waals surface area contributed by atoms with E-state index in [2.05, 4.69) is 39.7 Å². The number of hydrogen-bond donors (Lipinski definition) is 1. The lowest BCUT2D eigenvalue weighted by molar-refractivity contribution is -0.116. The van der Waals surface area contributed by atoms with Gasteiger partial charge in [0.1, 0.15) is 0 Å². The smallest absolute Gasteiger partial charge is 0.226 e. The van der Waals surface area contributed by atoms with E-state index in [-0.39, 0.29) is 5.91 Å². The van der Waals surface area contributed by atoms with Crippen molar-refractivity contribution in [2.45, 2.75) is 32.6 Å². The van der Waals surface area contributed by atoms with Gasteiger partial charge >= 0.3 is 0 Å². The van der Waals surface area contributed by atoms with E-state index in [1.807, 2.05) is 0 Å². The molecule has 1 fully saturated rings. The Morgan fingerprint density at radius 1 is 1.33 bits per heavy atom. The van der Waals surface area contributed by atoms with Crippen molar-refractivity contribution in [3.63, 3.8) is 0 Å². The van der Waals surface area contributed by atoms with Crippen LogP contribution in [0.3, 0.4) is 0 Å². The van der Waals surface area contributed by atoms with Crippen LogP contribution in [0.2, 0.25) is 0 Å². The van der Waals surface area contributed by atoms with Crippen LogP contribution < -0.4 is 5.32 Å². The molecule has 0 unspecified atom stereocenters. The van der Waals surface area contributed by atoms with E-state index in [0.29, 0.717) is 12.2 Å². The molecule has 0 radical (unpaired) electrons. The fraction of sp³-hybridized carbons (Fsp3) is 0.500. The summed E-state index contributed by atoms with van der Waals surface area (Å²) in [6.07, 6.45) is 4.40. The van der Waals surface area contributed by atoms with E-state index in [0.717, 1.165) is 29.7 Å². The number of piperidine rings is 1. The van der Waals surface area contributed by atoms with Crippen molar-refractivity contribution in [3.05, 3.63) is 23.8 Å². The van der Waals surface area contributed by atoms with Gasteiger partial charge in [0.2, 0.25) is 5.91 Å². The lowest BCUT2D eigenvalue weighted by atomic mass is 10.1. The van der Waals surface area contributed by atoms with Crippen LogP contribution in [0.5, 0.6) is 0 Å². The minimum atomic E-state index is 0.0641. The molecule has 112 valence electrons. The Morgan fingerprint density at radius 3 is 2.95 bits per heavy atom. The maximum absolute atomic E-state index is 12.1. The van der Waals surface area contributed by atoms with Gasteiger partial charge in [0, 0.05) is 18.4 Å². The van der Waals surface area contributed by atoms with Gasteiger partial charge in [-0.1, -0.05) is 18.1 Å². The highest BCUT2D eigenvalue weighted by molar-refractivity contribution is 7.13. The van der Waals surface area contributed by atoms with Crippen LogP contribution in [-0.4, -0.2) is 34.8 Å². The molecule has 2 aromatic rings. The van der Waals surface area contributed by atoms with Gasteiger partial charge in [-0.3, -0.25) is 4.79 Å². The van der Waals surface area contributed by atoms with Crippen molar-refractivity contribution in [1.29, 1.82) is 0 Å². The maximum Gasteiger partial charge on any atom is 0.226 e. The minimum Gasteiger partial charge on any atom is -0.309 e. The Hall–Kier alpha value is -1.46. The van der Waals surface area contributed by atoms with Crippen LogP contribution in [0.15, 0.2) is 18.2 Å². The number of hydrogen-bond acceptors (Lipinski definition) is 4. The first kappa shape index (κ1) is 14.5. The molecule has 1 aliphatic rings. The summed E-state index contributed by atoms with van der Waals surface area (Å²) in [7, 11) is 0. The summed E-state index contributed by atoms with van der Waals surface area (Å²) in [5, 5.41) is 4.01. The van der Waals surface area contributed by atoms with Crippen molar-refractivity contribution in [1.82, 2.24) is 9.27 Å². The molecule has 1 saturated heterocycles. The molecule has 0 saturated carbocycles. The van der Waals surface area contributed by atoms with Crippen LogP contribution in [0, 0.1) is 6.92 Å². The van der Waals surface area contributed by atoms with E-state index in [1.54, 1.807) is 0 Å². The number of aromatic nitrogens is 1. The van der Waals surface area contributed by atoms with Crippen molar-refractivity contribution in [2.75, 3.05) is 25.0 Å². The molecular weight excluding hydrogens is 282 g/mol. The Labute approximate surface area is 129 Å². The molecule has 5 heteroatoms. The predicted molar refractivity (Wildman–Crippen MR) is 87.9 cm³/mol. The maximum atomic E-state index is 12.1. The first-order valence-electron chi connectivity index (χ1n) is 7.60. The first-order chi connectivity index (χ1) is 10.2. The molecule has 2 heterocycles. The van der Waals surface area contributed by atoms with E-state index in [1.165, 1.54) is 36.4 Å². The number of nitrogens with one attached hydrogen (secondary N) is 1. The Morgan fingerprint density at radius 2 is 2.14 bits per heavy atom. The molecule has 0 bridgehead atoms. The zero-order valence-corrected chi connectivity index (χ0v) is 13.2. The van der Waals surface area contributed by atoms with E-state index >= 15 is 0 Å². The summed E-state index contributed by atoms with van der Waals surface area (Å²) in [4.78, 5) is 14.5. The third kappa shape index (κ3) is 3.60. The van der Waals surface area contributed by atoms with Crippen LogP contribution in [-0.2, 0) is 4.79 Å². The zero-order chi connectivity index (χ0) is 14.7. The van der Waals surface area contributed by atoms with Crippen molar-refractivity contribution in [2.24, 2.45) is 0 Å². The number of anilines is 1. The first-order valence-corrected chi connectivity index (χ1v) is 8.38. The standard InChI is InChI=1S/C16H21N3OS/c1-12-5-6-14-13(11-12)16(18-21-14)17-15(20)7-10-19-8-3-2-4-9-19/h5-6,11H,2-4,7-10H2,1H3,(H,17,18,20). The average molecular weight is 303 g/mol. The monoisotopic (exact) mass is 303 g/mol. The van der Waals surface area contributed by atoms with Gasteiger partial charge < -0.3 is 10.2 Å². The normalized spacial score (nSPS) is 16.2. The van der Waals surface area contributed by atoms with Gasteiger partial charge in [-0.15, -0.1) is 0 Å². The highest BCUT2D eigenvalue weighted by Gasteiger charge is 2.13. The number of likely N-dealkylation sites (tertiary alicyclic amines) is 1. The third-order valence-electron chi connectivity index (χ3n) is 3.99. The molecule has 0 atom stereocenters. The number of nitrogens with zero attached hydrogens (tertiary/aromatic N) is 2. The summed E-state index contributed by atoms with van der Waals surface area (Å²) in [6, 6.07) is 6.22. The zero-order valence-electron chi connectivity index (χ0n) is 12.4. The number of carbonyl (C=O) groups excluding carboxylic acids is 1. The minimum absolute atomic E-state index is 0.0641. The topological polar surface area (TPSA) is 45.2 Å². The predicted octanol–water partition coefficient (Wildman–Crippen LogP) is 3.42. The Balaban J connectivity index is 1.59. The summed E-state index contributed by atoms with van der Waals surface area (Å²) >= 11 is 1.44. The average Bonchev–Trinajstić information content (AvgIpc) is 2.88. The van der Waals surface area contributed by atoms with Crippen molar-refractivity contribution < 1.29 is 4.79 Å². The fourth-order valence-corrected chi connectivity index (χ4v) is 3.50. The fourth-order valence-electron chi connectivity index (χ4n) is 2.78. The molecule has 1 amide bonds. The van der Waals surface area contributed by atoms with Gasteiger partial charge in [0.05, 0.1) is 4.70 Å². The molecule has 4 nitrogen and oxygen atoms in total. The highest BCUT2D eigenvalue weighted by atomic mass is 32.1. The van der Waals surface area contributed by atoms with Crippen LogP contribution >= 0.6 is 11.5 Å². The Kier molecular flexibility index (Phi) is 4.51. The summed E-state index contributed by atoms with van der Waals surface area (Å²) in [5.41, 5.74) is 1.19. The van der Waals surface area contributed by atoms with Crippen molar-refractivity contribution in [3.8, 4) is 0 Å². The number of amides is 1. The molecule has 0 spiro atoms. The second-order valence-corrected chi connectivity index (χ2v) is 6.54. The quantitative estimate of drug-likeness (QED) is 0.941. The number of fused-ring (bicyclic) bond motifs is 1. The number of carbonyl (C=O) groups is 1. The second kappa shape index (κ2) is 6.54. The molecule has 0 aliphatic carbocycles. The van der Waals surface area contributed by atoms with Gasteiger partial charge in [-0.25, -0.2) is 0 Å². The third-order valence-corrected chi connectivity index (χ3v) is 4.81. The van der Waals surface area contributed by atoms with E-state index < -0.39 is 0 Å². The SMILES string of the molecule is Cc1ccc2snc(NC(=O)CCN3CCCCC3)c2c1. The summed E-state index contributed by atoms with van der Waals surface area (Å²) in [5.74, 6) is 0.775. The van der Waals surface area contributed by atoms with Gasteiger partial charge in [0.15, 0.2) is 5.82 Å². The molecule has 1 aliphatic heterocycles. The van der Waals surface area contributed by atoms with Gasteiger partial charge in [-0.05, 0) is 56.5 Å². The molecule has 1 aromatic heterocycles. The number of benzene rings is 1. The molecular formula is C16H21N3OS. The van der Waals surface area contributed by atoms with E-state index in [4.69, 9.17) is 0 Å². The lowest BCUT2D eigenvalue weighted by Crippen LogP contribution is -2.32. The van der Waals surface area contributed by atoms with E-state index in [9.17, 15) is 4.79 Å². The largest absolute Gasteiger partial charge is 0.309 e. The van der Waals surface area contributed by atoms with Gasteiger partial charge in [0.25, 0.3) is 0 Å². The lowest BCUT2D eigenvalue weighted by Gasteiger charge is -2.25. The molecule has 1 aromatic carbocycles. The molecule has 3 rings (SSSR count). The van der Waals surface area contributed by atoms with Crippen molar-refractivity contribution >= 4 is 33.3 Å². The summed E-state index contributed by atoms with van der Waals surface area (Å²) < 4.78 is 5.48. The summed E-state index contributed by atoms with van der Waals surface area (Å²) in [6.45, 7) is 5.17. The molecule has 21 heavy (non-hydrogen) atoms. The van der Waals surface area contributed by atoms with Crippen LogP contribution in [0.4, 0.5) is 5.82 Å². The molecule has 1 N–H and O–H groups in total. The van der Waals surface area contributed by atoms with Crippen LogP contribution in [0.25, 0.3) is 10.1 Å². The second-order valence-electron chi connectivity index (χ2n) is 5.73. The highest BCUT2D eigenvalue weighted by Crippen LogP contribution is 2.27. The van der Waals surface area contributed by atoms with Crippen LogP contribution in [0.1, 0.15) is 31.2 Å². The Bertz CT molecular complexity index is 631. The number of aryl methyl sites for hydroxylation is 1. The van der Waals surface area contributed by atoms with Gasteiger partial charge in [-0.2, -0.15) is 4.37 Å². The number of rotatable bonds is 4.